The van der Waals surface area contributed by atoms with Gasteiger partial charge in [-0.1, -0.05) is 30.3 Å². The zero-order chi connectivity index (χ0) is 10.1. The topological polar surface area (TPSA) is 26.1 Å². The van der Waals surface area contributed by atoms with Crippen LogP contribution in [0.3, 0.4) is 0 Å². The Morgan fingerprint density at radius 3 is 2.53 bits per heavy atom. The van der Waals surface area contributed by atoms with Crippen LogP contribution in [0.2, 0.25) is 0 Å². The molecule has 0 bridgehead atoms. The van der Waals surface area contributed by atoms with Gasteiger partial charge in [-0.2, -0.15) is 0 Å². The Hall–Kier alpha value is -1.96. The number of anilines is 2. The SMILES string of the molecule is c1ccc2c(c1)C[N]c1ccccc1N2. The standard InChI is InChI=1S/C13H11N2/c1-2-6-11-10(5-1)9-14-12-7-3-4-8-13(12)15-11/h1-8,15H,9H2. The first-order valence-corrected chi connectivity index (χ1v) is 5.05. The van der Waals surface area contributed by atoms with E-state index >= 15 is 0 Å². The van der Waals surface area contributed by atoms with Crippen LogP contribution in [-0.4, -0.2) is 0 Å². The van der Waals surface area contributed by atoms with Gasteiger partial charge in [0.05, 0.1) is 17.9 Å². The zero-order valence-corrected chi connectivity index (χ0v) is 8.27. The Labute approximate surface area is 88.9 Å². The number of hydrogen-bond donors (Lipinski definition) is 1. The Morgan fingerprint density at radius 1 is 0.867 bits per heavy atom. The lowest BCUT2D eigenvalue weighted by Crippen LogP contribution is -1.95. The zero-order valence-electron chi connectivity index (χ0n) is 8.27. The molecule has 73 valence electrons. The molecule has 2 heteroatoms. The fourth-order valence-corrected chi connectivity index (χ4v) is 1.81. The second-order valence-electron chi connectivity index (χ2n) is 3.62. The first kappa shape index (κ1) is 8.36. The van der Waals surface area contributed by atoms with Gasteiger partial charge in [0.15, 0.2) is 0 Å². The van der Waals surface area contributed by atoms with E-state index in [9.17, 15) is 0 Å². The Morgan fingerprint density at radius 2 is 1.60 bits per heavy atom. The summed E-state index contributed by atoms with van der Waals surface area (Å²) in [7, 11) is 0. The third-order valence-electron chi connectivity index (χ3n) is 2.61. The number of nitrogens with zero attached hydrogens (tertiary/aromatic N) is 1. The van der Waals surface area contributed by atoms with Crippen molar-refractivity contribution in [2.24, 2.45) is 0 Å². The highest BCUT2D eigenvalue weighted by Gasteiger charge is 2.11. The number of benzene rings is 2. The van der Waals surface area contributed by atoms with Gasteiger partial charge in [0.1, 0.15) is 0 Å². The molecule has 0 amide bonds. The van der Waals surface area contributed by atoms with Crippen LogP contribution >= 0.6 is 0 Å². The lowest BCUT2D eigenvalue weighted by molar-refractivity contribution is 0.875. The molecule has 0 fully saturated rings. The van der Waals surface area contributed by atoms with E-state index in [0.29, 0.717) is 0 Å². The van der Waals surface area contributed by atoms with Gasteiger partial charge in [-0.25, -0.2) is 0 Å². The summed E-state index contributed by atoms with van der Waals surface area (Å²) < 4.78 is 0. The highest BCUT2D eigenvalue weighted by atomic mass is 15.0. The predicted molar refractivity (Wildman–Crippen MR) is 61.7 cm³/mol. The Kier molecular flexibility index (Phi) is 1.85. The molecule has 0 aliphatic carbocycles. The first-order chi connectivity index (χ1) is 7.43. The molecule has 1 aliphatic rings. The lowest BCUT2D eigenvalue weighted by Gasteiger charge is -2.07. The molecule has 0 saturated heterocycles. The second kappa shape index (κ2) is 3.31. The summed E-state index contributed by atoms with van der Waals surface area (Å²) in [5.41, 5.74) is 4.52. The van der Waals surface area contributed by atoms with Crippen molar-refractivity contribution < 1.29 is 0 Å². The number of para-hydroxylation sites is 3. The van der Waals surface area contributed by atoms with Crippen LogP contribution in [0, 0.1) is 0 Å². The van der Waals surface area contributed by atoms with Crippen LogP contribution in [0.1, 0.15) is 5.56 Å². The minimum Gasteiger partial charge on any atom is -0.353 e. The van der Waals surface area contributed by atoms with E-state index in [2.05, 4.69) is 28.8 Å². The van der Waals surface area contributed by atoms with Gasteiger partial charge in [-0.3, -0.25) is 5.32 Å². The van der Waals surface area contributed by atoms with Crippen molar-refractivity contribution in [1.29, 1.82) is 0 Å². The van der Waals surface area contributed by atoms with E-state index in [0.717, 1.165) is 23.6 Å². The normalized spacial score (nSPS) is 12.8. The Bertz CT molecular complexity index is 446. The maximum absolute atomic E-state index is 4.57. The van der Waals surface area contributed by atoms with E-state index in [1.54, 1.807) is 0 Å². The van der Waals surface area contributed by atoms with Crippen molar-refractivity contribution in [2.45, 2.75) is 6.54 Å². The highest BCUT2D eigenvalue weighted by molar-refractivity contribution is 5.74. The van der Waals surface area contributed by atoms with Crippen molar-refractivity contribution in [1.82, 2.24) is 5.32 Å². The summed E-state index contributed by atoms with van der Waals surface area (Å²) in [6, 6.07) is 16.4. The average molecular weight is 195 g/mol. The monoisotopic (exact) mass is 195 g/mol. The molecule has 0 saturated carbocycles. The molecular formula is C13H11N2. The maximum Gasteiger partial charge on any atom is 0.0813 e. The molecular weight excluding hydrogens is 184 g/mol. The lowest BCUT2D eigenvalue weighted by atomic mass is 10.2. The fraction of sp³-hybridized carbons (Fsp3) is 0.0769. The molecule has 2 aromatic carbocycles. The van der Waals surface area contributed by atoms with Crippen molar-refractivity contribution in [3.63, 3.8) is 0 Å². The van der Waals surface area contributed by atoms with Gasteiger partial charge >= 0.3 is 0 Å². The molecule has 2 aromatic rings. The van der Waals surface area contributed by atoms with Crippen LogP contribution in [-0.2, 0) is 6.54 Å². The van der Waals surface area contributed by atoms with Crippen LogP contribution in [0.25, 0.3) is 0 Å². The van der Waals surface area contributed by atoms with E-state index in [-0.39, 0.29) is 0 Å². The van der Waals surface area contributed by atoms with E-state index < -0.39 is 0 Å². The van der Waals surface area contributed by atoms with E-state index in [4.69, 9.17) is 0 Å². The number of hydrogen-bond acceptors (Lipinski definition) is 1. The molecule has 1 radical (unpaired) electrons. The minimum atomic E-state index is 0.750. The summed E-state index contributed by atoms with van der Waals surface area (Å²) in [6.45, 7) is 0.750. The molecule has 1 N–H and O–H groups in total. The van der Waals surface area contributed by atoms with E-state index in [1.807, 2.05) is 30.3 Å². The van der Waals surface area contributed by atoms with Crippen LogP contribution in [0.15, 0.2) is 48.5 Å². The highest BCUT2D eigenvalue weighted by Crippen LogP contribution is 2.31. The van der Waals surface area contributed by atoms with Crippen LogP contribution in [0.4, 0.5) is 17.1 Å². The Balaban J connectivity index is 2.10. The fourth-order valence-electron chi connectivity index (χ4n) is 1.81. The molecule has 15 heavy (non-hydrogen) atoms. The molecule has 3 rings (SSSR count). The van der Waals surface area contributed by atoms with Crippen LogP contribution < -0.4 is 10.6 Å². The van der Waals surface area contributed by atoms with E-state index in [1.165, 1.54) is 5.56 Å². The number of nitrogens with one attached hydrogen (secondary N) is 1. The largest absolute Gasteiger partial charge is 0.353 e. The summed E-state index contributed by atoms with van der Waals surface area (Å²) in [6.07, 6.45) is 0. The maximum atomic E-state index is 4.57. The van der Waals surface area contributed by atoms with Gasteiger partial charge in [0, 0.05) is 5.69 Å². The molecule has 0 atom stereocenters. The van der Waals surface area contributed by atoms with Crippen LogP contribution in [0.5, 0.6) is 0 Å². The molecule has 0 unspecified atom stereocenters. The summed E-state index contributed by atoms with van der Waals surface area (Å²) in [5, 5.41) is 7.97. The summed E-state index contributed by atoms with van der Waals surface area (Å²) in [4.78, 5) is 0. The van der Waals surface area contributed by atoms with Crippen molar-refractivity contribution in [3.05, 3.63) is 54.1 Å². The molecule has 0 aromatic heterocycles. The smallest absolute Gasteiger partial charge is 0.0813 e. The third kappa shape index (κ3) is 1.44. The minimum absolute atomic E-state index is 0.750. The number of rotatable bonds is 0. The van der Waals surface area contributed by atoms with Gasteiger partial charge in [-0.05, 0) is 23.8 Å². The number of fused-ring (bicyclic) bond motifs is 2. The molecule has 1 aliphatic heterocycles. The molecule has 0 spiro atoms. The second-order valence-corrected chi connectivity index (χ2v) is 3.62. The molecule has 2 nitrogen and oxygen atoms in total. The van der Waals surface area contributed by atoms with Crippen molar-refractivity contribution in [2.75, 3.05) is 5.32 Å². The third-order valence-corrected chi connectivity index (χ3v) is 2.61. The van der Waals surface area contributed by atoms with Gasteiger partial charge < -0.3 is 5.32 Å². The van der Waals surface area contributed by atoms with Crippen molar-refractivity contribution in [3.8, 4) is 0 Å². The summed E-state index contributed by atoms with van der Waals surface area (Å²) >= 11 is 0. The van der Waals surface area contributed by atoms with Crippen molar-refractivity contribution >= 4 is 17.1 Å². The van der Waals surface area contributed by atoms with Gasteiger partial charge in [-0.15, -0.1) is 0 Å². The molecule has 1 heterocycles. The first-order valence-electron chi connectivity index (χ1n) is 5.05. The predicted octanol–water partition coefficient (Wildman–Crippen LogP) is 3.18. The van der Waals surface area contributed by atoms with Gasteiger partial charge in [0.2, 0.25) is 0 Å². The van der Waals surface area contributed by atoms with Gasteiger partial charge in [0.25, 0.3) is 0 Å². The quantitative estimate of drug-likeness (QED) is 0.686. The average Bonchev–Trinajstić information content (AvgIpc) is 2.48. The summed E-state index contributed by atoms with van der Waals surface area (Å²) in [5.74, 6) is 0.